The maximum absolute atomic E-state index is 10.7. The van der Waals surface area contributed by atoms with E-state index in [0.29, 0.717) is 11.3 Å². The summed E-state index contributed by atoms with van der Waals surface area (Å²) >= 11 is 0. The van der Waals surface area contributed by atoms with Gasteiger partial charge >= 0.3 is 0 Å². The Morgan fingerprint density at radius 3 is 2.93 bits per heavy atom. The van der Waals surface area contributed by atoms with Crippen LogP contribution in [0.2, 0.25) is 0 Å². The molecule has 0 unspecified atom stereocenters. The molecule has 2 rings (SSSR count). The lowest BCUT2D eigenvalue weighted by molar-refractivity contribution is 0.111. The van der Waals surface area contributed by atoms with Crippen molar-refractivity contribution in [1.29, 1.82) is 0 Å². The maximum Gasteiger partial charge on any atom is 0.153 e. The van der Waals surface area contributed by atoms with E-state index in [1.54, 1.807) is 18.5 Å². The van der Waals surface area contributed by atoms with Gasteiger partial charge in [-0.05, 0) is 31.7 Å². The number of pyridine rings is 1. The predicted octanol–water partition coefficient (Wildman–Crippen LogP) is 2.22. The zero-order chi connectivity index (χ0) is 9.80. The van der Waals surface area contributed by atoms with Crippen LogP contribution in [0, 0.1) is 0 Å². The molecule has 1 aliphatic carbocycles. The first kappa shape index (κ1) is 9.19. The highest BCUT2D eigenvalue weighted by molar-refractivity contribution is 5.78. The van der Waals surface area contributed by atoms with Gasteiger partial charge in [-0.2, -0.15) is 0 Å². The number of hydrogen-bond acceptors (Lipinski definition) is 3. The van der Waals surface area contributed by atoms with Crippen LogP contribution < -0.4 is 4.74 Å². The van der Waals surface area contributed by atoms with E-state index in [0.717, 1.165) is 19.1 Å². The van der Waals surface area contributed by atoms with Crippen LogP contribution in [0.3, 0.4) is 0 Å². The van der Waals surface area contributed by atoms with Gasteiger partial charge in [-0.3, -0.25) is 9.78 Å². The van der Waals surface area contributed by atoms with Gasteiger partial charge in [0, 0.05) is 6.20 Å². The fourth-order valence-corrected chi connectivity index (χ4v) is 1.77. The van der Waals surface area contributed by atoms with Crippen molar-refractivity contribution in [3.8, 4) is 5.75 Å². The average molecular weight is 191 g/mol. The van der Waals surface area contributed by atoms with Gasteiger partial charge < -0.3 is 4.74 Å². The molecule has 0 N–H and O–H groups in total. The van der Waals surface area contributed by atoms with Crippen LogP contribution in [0.4, 0.5) is 0 Å². The minimum Gasteiger partial charge on any atom is -0.488 e. The summed E-state index contributed by atoms with van der Waals surface area (Å²) in [5.74, 6) is 0.620. The van der Waals surface area contributed by atoms with Gasteiger partial charge in [0.25, 0.3) is 0 Å². The molecule has 14 heavy (non-hydrogen) atoms. The highest BCUT2D eigenvalue weighted by Crippen LogP contribution is 2.25. The Labute approximate surface area is 83.1 Å². The van der Waals surface area contributed by atoms with Crippen molar-refractivity contribution in [1.82, 2.24) is 4.98 Å². The minimum absolute atomic E-state index is 0.276. The first-order valence-electron chi connectivity index (χ1n) is 4.96. The number of carbonyl (C=O) groups excluding carboxylic acids is 1. The molecule has 74 valence electrons. The molecule has 0 bridgehead atoms. The Balaban J connectivity index is 2.10. The first-order chi connectivity index (χ1) is 6.90. The largest absolute Gasteiger partial charge is 0.488 e. The summed E-state index contributed by atoms with van der Waals surface area (Å²) in [6.07, 6.45) is 8.93. The number of aromatic nitrogens is 1. The second kappa shape index (κ2) is 4.22. The van der Waals surface area contributed by atoms with E-state index < -0.39 is 0 Å². The molecule has 0 aromatic carbocycles. The van der Waals surface area contributed by atoms with Crippen molar-refractivity contribution in [2.75, 3.05) is 0 Å². The highest BCUT2D eigenvalue weighted by atomic mass is 16.5. The van der Waals surface area contributed by atoms with Crippen LogP contribution in [-0.2, 0) is 0 Å². The van der Waals surface area contributed by atoms with Crippen molar-refractivity contribution in [2.24, 2.45) is 0 Å². The normalized spacial score (nSPS) is 16.9. The van der Waals surface area contributed by atoms with E-state index in [4.69, 9.17) is 4.74 Å². The van der Waals surface area contributed by atoms with Crippen molar-refractivity contribution in [3.05, 3.63) is 24.0 Å². The van der Waals surface area contributed by atoms with Gasteiger partial charge in [0.1, 0.15) is 5.75 Å². The zero-order valence-electron chi connectivity index (χ0n) is 7.98. The lowest BCUT2D eigenvalue weighted by Crippen LogP contribution is -2.12. The van der Waals surface area contributed by atoms with Crippen molar-refractivity contribution >= 4 is 6.29 Å². The fourth-order valence-electron chi connectivity index (χ4n) is 1.77. The molecule has 0 saturated heterocycles. The van der Waals surface area contributed by atoms with Crippen LogP contribution in [0.25, 0.3) is 0 Å². The van der Waals surface area contributed by atoms with Gasteiger partial charge in [0.2, 0.25) is 0 Å². The lowest BCUT2D eigenvalue weighted by Gasteiger charge is -2.13. The summed E-state index contributed by atoms with van der Waals surface area (Å²) in [6.45, 7) is 0. The number of ether oxygens (including phenoxy) is 1. The van der Waals surface area contributed by atoms with Gasteiger partial charge in [0.05, 0.1) is 17.9 Å². The second-order valence-electron chi connectivity index (χ2n) is 3.56. The minimum atomic E-state index is 0.276. The molecule has 0 radical (unpaired) electrons. The van der Waals surface area contributed by atoms with Gasteiger partial charge in [-0.1, -0.05) is 0 Å². The molecule has 1 aromatic heterocycles. The van der Waals surface area contributed by atoms with Crippen LogP contribution in [0.1, 0.15) is 36.0 Å². The average Bonchev–Trinajstić information content (AvgIpc) is 2.71. The number of nitrogens with zero attached hydrogens (tertiary/aromatic N) is 1. The summed E-state index contributed by atoms with van der Waals surface area (Å²) in [6, 6.07) is 1.68. The van der Waals surface area contributed by atoms with Gasteiger partial charge in [-0.15, -0.1) is 0 Å². The number of aldehydes is 1. The SMILES string of the molecule is O=Cc1ccncc1OC1CCCC1. The lowest BCUT2D eigenvalue weighted by atomic mass is 10.2. The quantitative estimate of drug-likeness (QED) is 0.687. The Morgan fingerprint density at radius 2 is 2.21 bits per heavy atom. The van der Waals surface area contributed by atoms with Crippen molar-refractivity contribution in [3.63, 3.8) is 0 Å². The molecule has 3 nitrogen and oxygen atoms in total. The number of rotatable bonds is 3. The summed E-state index contributed by atoms with van der Waals surface area (Å²) in [7, 11) is 0. The van der Waals surface area contributed by atoms with E-state index in [2.05, 4.69) is 4.98 Å². The third-order valence-electron chi connectivity index (χ3n) is 2.54. The van der Waals surface area contributed by atoms with Crippen LogP contribution in [-0.4, -0.2) is 17.4 Å². The maximum atomic E-state index is 10.7. The highest BCUT2D eigenvalue weighted by Gasteiger charge is 2.17. The molecule has 3 heteroatoms. The summed E-state index contributed by atoms with van der Waals surface area (Å²) < 4.78 is 5.70. The third kappa shape index (κ3) is 1.92. The molecule has 1 fully saturated rings. The smallest absolute Gasteiger partial charge is 0.153 e. The summed E-state index contributed by atoms with van der Waals surface area (Å²) in [5, 5.41) is 0. The van der Waals surface area contributed by atoms with E-state index in [1.807, 2.05) is 0 Å². The van der Waals surface area contributed by atoms with Crippen molar-refractivity contribution < 1.29 is 9.53 Å². The van der Waals surface area contributed by atoms with E-state index in [-0.39, 0.29) is 6.10 Å². The van der Waals surface area contributed by atoms with Gasteiger partial charge in [0.15, 0.2) is 6.29 Å². The summed E-state index contributed by atoms with van der Waals surface area (Å²) in [4.78, 5) is 14.6. The molecule has 0 spiro atoms. The Hall–Kier alpha value is -1.38. The Kier molecular flexibility index (Phi) is 2.77. The topological polar surface area (TPSA) is 39.2 Å². The molecule has 0 amide bonds. The van der Waals surface area contributed by atoms with E-state index in [1.165, 1.54) is 12.8 Å². The predicted molar refractivity (Wildman–Crippen MR) is 52.5 cm³/mol. The fraction of sp³-hybridized carbons (Fsp3) is 0.455. The zero-order valence-corrected chi connectivity index (χ0v) is 7.98. The first-order valence-corrected chi connectivity index (χ1v) is 4.96. The molecule has 1 heterocycles. The van der Waals surface area contributed by atoms with Crippen molar-refractivity contribution in [2.45, 2.75) is 31.8 Å². The Bertz CT molecular complexity index is 319. The second-order valence-corrected chi connectivity index (χ2v) is 3.56. The molecule has 1 aromatic rings. The van der Waals surface area contributed by atoms with Crippen LogP contribution in [0.5, 0.6) is 5.75 Å². The third-order valence-corrected chi connectivity index (χ3v) is 2.54. The number of carbonyl (C=O) groups is 1. The molecule has 0 atom stereocenters. The summed E-state index contributed by atoms with van der Waals surface area (Å²) in [5.41, 5.74) is 0.590. The molecular formula is C11H13NO2. The van der Waals surface area contributed by atoms with Crippen LogP contribution >= 0.6 is 0 Å². The van der Waals surface area contributed by atoms with Crippen LogP contribution in [0.15, 0.2) is 18.5 Å². The molecule has 1 aliphatic rings. The molecule has 1 saturated carbocycles. The monoisotopic (exact) mass is 191 g/mol. The Morgan fingerprint density at radius 1 is 1.43 bits per heavy atom. The standard InChI is InChI=1S/C11H13NO2/c13-8-9-5-6-12-7-11(9)14-10-3-1-2-4-10/h5-8,10H,1-4H2. The molecular weight excluding hydrogens is 178 g/mol. The molecule has 0 aliphatic heterocycles. The number of hydrogen-bond donors (Lipinski definition) is 0. The van der Waals surface area contributed by atoms with Gasteiger partial charge in [-0.25, -0.2) is 0 Å². The van der Waals surface area contributed by atoms with E-state index in [9.17, 15) is 4.79 Å². The van der Waals surface area contributed by atoms with E-state index >= 15 is 0 Å².